The lowest BCUT2D eigenvalue weighted by Crippen LogP contribution is -1.97. The normalized spacial score (nSPS) is 14.9. The maximum atomic E-state index is 12.9. The zero-order valence-corrected chi connectivity index (χ0v) is 16.2. The molecular weight excluding hydrogens is 430 g/mol. The van der Waals surface area contributed by atoms with Crippen LogP contribution in [0.5, 0.6) is 0 Å². The fourth-order valence-electron chi connectivity index (χ4n) is 4.13. The van der Waals surface area contributed by atoms with E-state index in [1.807, 2.05) is 18.2 Å². The van der Waals surface area contributed by atoms with Crippen molar-refractivity contribution in [3.63, 3.8) is 0 Å². The average molecular weight is 443 g/mol. The van der Waals surface area contributed by atoms with Gasteiger partial charge in [0.1, 0.15) is 0 Å². The highest BCUT2D eigenvalue weighted by atomic mass is 79.9. The van der Waals surface area contributed by atoms with Crippen molar-refractivity contribution >= 4 is 54.6 Å². The van der Waals surface area contributed by atoms with E-state index >= 15 is 0 Å². The van der Waals surface area contributed by atoms with E-state index in [1.165, 1.54) is 22.2 Å². The molecule has 2 aliphatic carbocycles. The molecule has 0 fully saturated rings. The smallest absolute Gasteiger partial charge is 0.194 e. The summed E-state index contributed by atoms with van der Waals surface area (Å²) < 4.78 is 4.17. The molecule has 0 radical (unpaired) electrons. The first-order valence-corrected chi connectivity index (χ1v) is 9.51. The lowest BCUT2D eigenvalue weighted by atomic mass is 9.94. The van der Waals surface area contributed by atoms with Gasteiger partial charge in [-0.2, -0.15) is 0 Å². The molecule has 0 N–H and O–H groups in total. The Labute approximate surface area is 156 Å². The minimum absolute atomic E-state index is 0.118. The zero-order valence-electron chi connectivity index (χ0n) is 13.0. The van der Waals surface area contributed by atoms with Gasteiger partial charge in [0.2, 0.25) is 0 Å². The van der Waals surface area contributed by atoms with E-state index in [0.717, 1.165) is 44.0 Å². The van der Waals surface area contributed by atoms with Crippen LogP contribution in [0, 0.1) is 0 Å². The predicted octanol–water partition coefficient (Wildman–Crippen LogP) is 5.87. The maximum Gasteiger partial charge on any atom is 0.194 e. The van der Waals surface area contributed by atoms with Gasteiger partial charge in [-0.15, -0.1) is 0 Å². The van der Waals surface area contributed by atoms with Crippen LogP contribution in [0.1, 0.15) is 33.6 Å². The second-order valence-corrected chi connectivity index (χ2v) is 8.16. The largest absolute Gasteiger partial charge is 0.343 e. The summed E-state index contributed by atoms with van der Waals surface area (Å²) in [5.41, 5.74) is 7.55. The molecule has 0 spiro atoms. The Morgan fingerprint density at radius 3 is 2.75 bits per heavy atom. The molecule has 4 heteroatoms. The van der Waals surface area contributed by atoms with Gasteiger partial charge < -0.3 is 4.57 Å². The van der Waals surface area contributed by atoms with Crippen LogP contribution in [-0.4, -0.2) is 10.4 Å². The molecule has 1 heterocycles. The lowest BCUT2D eigenvalue weighted by molar-refractivity contribution is 0.104. The van der Waals surface area contributed by atoms with E-state index in [0.29, 0.717) is 0 Å². The molecule has 0 amide bonds. The molecule has 0 bridgehead atoms. The number of hydrogen-bond acceptors (Lipinski definition) is 1. The molecule has 2 aliphatic rings. The molecule has 3 aromatic rings. The topological polar surface area (TPSA) is 22.0 Å². The van der Waals surface area contributed by atoms with Gasteiger partial charge in [-0.05, 0) is 64.2 Å². The Bertz CT molecular complexity index is 1110. The molecular formula is C20H13Br2NO. The maximum absolute atomic E-state index is 12.9. The number of aromatic nitrogens is 1. The minimum Gasteiger partial charge on any atom is -0.343 e. The predicted molar refractivity (Wildman–Crippen MR) is 105 cm³/mol. The van der Waals surface area contributed by atoms with E-state index in [4.69, 9.17) is 0 Å². The highest BCUT2D eigenvalue weighted by Crippen LogP contribution is 2.47. The van der Waals surface area contributed by atoms with Crippen molar-refractivity contribution in [1.29, 1.82) is 0 Å². The van der Waals surface area contributed by atoms with Gasteiger partial charge in [-0.3, -0.25) is 4.79 Å². The van der Waals surface area contributed by atoms with Crippen LogP contribution in [0.3, 0.4) is 0 Å². The van der Waals surface area contributed by atoms with Crippen molar-refractivity contribution in [2.45, 2.75) is 12.8 Å². The standard InChI is InChI=1S/C20H13Br2NO/c1-23-16-5-3-2-4-12(16)18-17-11-7-6-10(21)8-13(11)20(24)14(17)9-15(22)19(18)23/h3,5-9H,2,4H2,1H3. The number of hydrogen-bond donors (Lipinski definition) is 0. The monoisotopic (exact) mass is 441 g/mol. The third-order valence-corrected chi connectivity index (χ3v) is 6.24. The van der Waals surface area contributed by atoms with Gasteiger partial charge in [0.25, 0.3) is 0 Å². The fraction of sp³-hybridized carbons (Fsp3) is 0.150. The van der Waals surface area contributed by atoms with E-state index in [9.17, 15) is 4.79 Å². The highest BCUT2D eigenvalue weighted by molar-refractivity contribution is 9.11. The first-order valence-electron chi connectivity index (χ1n) is 7.93. The molecule has 0 atom stereocenters. The number of ketones is 1. The number of aryl methyl sites for hydroxylation is 2. The SMILES string of the molecule is Cn1c2c(c3c4c(cc(Br)c31)C(=O)c1cc(Br)ccc1-4)CCC=C2. The van der Waals surface area contributed by atoms with Crippen LogP contribution in [0.4, 0.5) is 0 Å². The van der Waals surface area contributed by atoms with Crippen molar-refractivity contribution in [3.05, 3.63) is 61.7 Å². The number of carbonyl (C=O) groups excluding carboxylic acids is 1. The number of nitrogens with zero attached hydrogens (tertiary/aromatic N) is 1. The summed E-state index contributed by atoms with van der Waals surface area (Å²) in [5, 5.41) is 1.23. The van der Waals surface area contributed by atoms with Crippen LogP contribution in [0.2, 0.25) is 0 Å². The van der Waals surface area contributed by atoms with E-state index in [-0.39, 0.29) is 5.78 Å². The molecule has 0 saturated heterocycles. The summed E-state index contributed by atoms with van der Waals surface area (Å²) in [5.74, 6) is 0.118. The summed E-state index contributed by atoms with van der Waals surface area (Å²) in [6.07, 6.45) is 6.50. The van der Waals surface area contributed by atoms with Crippen LogP contribution >= 0.6 is 31.9 Å². The van der Waals surface area contributed by atoms with E-state index in [1.54, 1.807) is 0 Å². The van der Waals surface area contributed by atoms with Gasteiger partial charge in [0.15, 0.2) is 5.78 Å². The zero-order chi connectivity index (χ0) is 16.6. The van der Waals surface area contributed by atoms with Crippen LogP contribution in [0.15, 0.2) is 39.3 Å². The van der Waals surface area contributed by atoms with Crippen molar-refractivity contribution in [2.24, 2.45) is 7.05 Å². The molecule has 0 aliphatic heterocycles. The number of fused-ring (bicyclic) bond motifs is 7. The number of benzene rings is 2. The Balaban J connectivity index is 2.01. The average Bonchev–Trinajstić information content (AvgIpc) is 3.02. The Kier molecular flexibility index (Phi) is 3.01. The van der Waals surface area contributed by atoms with Crippen molar-refractivity contribution in [2.75, 3.05) is 0 Å². The lowest BCUT2D eigenvalue weighted by Gasteiger charge is -2.09. The summed E-state index contributed by atoms with van der Waals surface area (Å²) >= 11 is 7.20. The molecule has 24 heavy (non-hydrogen) atoms. The number of allylic oxidation sites excluding steroid dienone is 1. The van der Waals surface area contributed by atoms with Crippen molar-refractivity contribution in [1.82, 2.24) is 4.57 Å². The number of rotatable bonds is 0. The molecule has 0 unspecified atom stereocenters. The van der Waals surface area contributed by atoms with Crippen LogP contribution in [0.25, 0.3) is 28.1 Å². The summed E-state index contributed by atoms with van der Waals surface area (Å²) in [7, 11) is 2.10. The van der Waals surface area contributed by atoms with E-state index in [2.05, 4.69) is 61.7 Å². The summed E-state index contributed by atoms with van der Waals surface area (Å²) in [6, 6.07) is 8.01. The highest BCUT2D eigenvalue weighted by Gasteiger charge is 2.32. The number of halogens is 2. The molecule has 1 aromatic heterocycles. The van der Waals surface area contributed by atoms with Gasteiger partial charge in [0.05, 0.1) is 5.52 Å². The van der Waals surface area contributed by atoms with Gasteiger partial charge in [0, 0.05) is 43.8 Å². The Hall–Kier alpha value is -1.65. The second kappa shape index (κ2) is 4.93. The summed E-state index contributed by atoms with van der Waals surface area (Å²) in [6.45, 7) is 0. The quantitative estimate of drug-likeness (QED) is 0.333. The van der Waals surface area contributed by atoms with E-state index < -0.39 is 0 Å². The van der Waals surface area contributed by atoms with Crippen molar-refractivity contribution in [3.8, 4) is 11.1 Å². The molecule has 118 valence electrons. The Morgan fingerprint density at radius 1 is 1.08 bits per heavy atom. The Morgan fingerprint density at radius 2 is 1.92 bits per heavy atom. The van der Waals surface area contributed by atoms with Gasteiger partial charge in [-0.1, -0.05) is 28.1 Å². The first kappa shape index (κ1) is 14.7. The van der Waals surface area contributed by atoms with Gasteiger partial charge >= 0.3 is 0 Å². The van der Waals surface area contributed by atoms with Crippen molar-refractivity contribution < 1.29 is 4.79 Å². The fourth-order valence-corrected chi connectivity index (χ4v) is 5.18. The first-order chi connectivity index (χ1) is 11.6. The molecule has 0 saturated carbocycles. The molecule has 2 nitrogen and oxygen atoms in total. The van der Waals surface area contributed by atoms with Crippen LogP contribution in [-0.2, 0) is 13.5 Å². The summed E-state index contributed by atoms with van der Waals surface area (Å²) in [4.78, 5) is 12.9. The van der Waals surface area contributed by atoms with Crippen LogP contribution < -0.4 is 0 Å². The number of carbonyl (C=O) groups is 1. The third-order valence-electron chi connectivity index (χ3n) is 5.14. The molecule has 5 rings (SSSR count). The second-order valence-electron chi connectivity index (χ2n) is 6.39. The molecule has 2 aromatic carbocycles. The van der Waals surface area contributed by atoms with Gasteiger partial charge in [-0.25, -0.2) is 0 Å². The minimum atomic E-state index is 0.118. The third kappa shape index (κ3) is 1.73.